The van der Waals surface area contributed by atoms with E-state index in [1.54, 1.807) is 0 Å². The molecule has 0 spiro atoms. The minimum atomic E-state index is -3.13. The van der Waals surface area contributed by atoms with Crippen molar-refractivity contribution >= 4 is 17.9 Å². The molecule has 12 nitrogen and oxygen atoms in total. The van der Waals surface area contributed by atoms with Gasteiger partial charge in [0, 0.05) is 17.2 Å². The number of amides is 3. The molecule has 0 bridgehead atoms. The van der Waals surface area contributed by atoms with Crippen LogP contribution in [-0.2, 0) is 14.4 Å². The molecule has 16 heteroatoms. The molecule has 3 amide bonds. The lowest BCUT2D eigenvalue weighted by atomic mass is 10.0. The first-order valence-electron chi connectivity index (χ1n) is 12.7. The molecule has 1 aliphatic carbocycles. The fourth-order valence-electron chi connectivity index (χ4n) is 3.94. The van der Waals surface area contributed by atoms with E-state index in [0.29, 0.717) is 6.07 Å². The molecule has 230 valence electrons. The minimum absolute atomic E-state index is 0.0417. The van der Waals surface area contributed by atoms with Crippen LogP contribution in [0.1, 0.15) is 53.7 Å². The van der Waals surface area contributed by atoms with Gasteiger partial charge in [-0.05, 0) is 49.9 Å². The van der Waals surface area contributed by atoms with E-state index in [2.05, 4.69) is 19.9 Å². The van der Waals surface area contributed by atoms with Crippen LogP contribution in [0.3, 0.4) is 0 Å². The van der Waals surface area contributed by atoms with Gasteiger partial charge in [-0.2, -0.15) is 8.78 Å². The first-order valence-corrected chi connectivity index (χ1v) is 12.7. The lowest BCUT2D eigenvalue weighted by Gasteiger charge is -2.18. The van der Waals surface area contributed by atoms with Crippen molar-refractivity contribution in [3.05, 3.63) is 65.1 Å². The molecule has 4 rings (SSSR count). The van der Waals surface area contributed by atoms with E-state index in [1.807, 2.05) is 5.48 Å². The number of nitrogens with one attached hydrogen (secondary N) is 2. The summed E-state index contributed by atoms with van der Waals surface area (Å²) >= 11 is 0. The molecule has 1 aliphatic rings. The predicted molar refractivity (Wildman–Crippen MR) is 138 cm³/mol. The van der Waals surface area contributed by atoms with E-state index >= 15 is 0 Å². The third kappa shape index (κ3) is 7.91. The summed E-state index contributed by atoms with van der Waals surface area (Å²) in [7, 11) is 1.10. The van der Waals surface area contributed by atoms with Crippen LogP contribution in [0.25, 0.3) is 11.5 Å². The number of oxazole rings is 1. The zero-order valence-electron chi connectivity index (χ0n) is 22.7. The predicted octanol–water partition coefficient (Wildman–Crippen LogP) is 4.32. The van der Waals surface area contributed by atoms with E-state index < -0.39 is 59.6 Å². The van der Waals surface area contributed by atoms with E-state index in [4.69, 9.17) is 19.6 Å². The summed E-state index contributed by atoms with van der Waals surface area (Å²) in [5, 5.41) is 2.27. The number of alkyl halides is 2. The molecule has 43 heavy (non-hydrogen) atoms. The van der Waals surface area contributed by atoms with Gasteiger partial charge in [0.05, 0.1) is 13.7 Å². The Morgan fingerprint density at radius 2 is 1.86 bits per heavy atom. The second-order valence-corrected chi connectivity index (χ2v) is 9.35. The van der Waals surface area contributed by atoms with Gasteiger partial charge >= 0.3 is 12.7 Å². The van der Waals surface area contributed by atoms with Crippen molar-refractivity contribution in [2.75, 3.05) is 13.7 Å². The highest BCUT2D eigenvalue weighted by Gasteiger charge is 2.32. The van der Waals surface area contributed by atoms with Gasteiger partial charge in [0.1, 0.15) is 17.7 Å². The second kappa shape index (κ2) is 13.4. The van der Waals surface area contributed by atoms with Crippen molar-refractivity contribution < 1.29 is 55.4 Å². The third-order valence-corrected chi connectivity index (χ3v) is 6.12. The Morgan fingerprint density at radius 1 is 1.12 bits per heavy atom. The van der Waals surface area contributed by atoms with Gasteiger partial charge in [0.25, 0.3) is 11.8 Å². The molecule has 0 saturated heterocycles. The molecule has 0 radical (unpaired) electrons. The highest BCUT2D eigenvalue weighted by atomic mass is 19.3. The summed E-state index contributed by atoms with van der Waals surface area (Å²) in [6, 6.07) is 4.40. The van der Waals surface area contributed by atoms with Crippen molar-refractivity contribution in [3.8, 4) is 23.0 Å². The standard InChI is InChI=1S/C27H26F4N4O8/c1-12(41-27(32)38)22-21(23(36)33-20(24(37)35-39-2)16-7-6-15(28)10-17(16)29)34-25(43-22)14-5-8-18(42-26(30)31)19(9-14)40-11-13-3-4-13/h5-10,12-13,20,26H,3-4,11H2,1-2H3,(H2,32,38)(H,33,36)(H,35,37)/t12-,20?/m0/s1. The topological polar surface area (TPSA) is 164 Å². The lowest BCUT2D eigenvalue weighted by molar-refractivity contribution is -0.133. The maximum absolute atomic E-state index is 14.6. The van der Waals surface area contributed by atoms with E-state index in [0.717, 1.165) is 32.1 Å². The zero-order chi connectivity index (χ0) is 31.3. The van der Waals surface area contributed by atoms with Crippen LogP contribution in [0, 0.1) is 17.6 Å². The molecule has 3 aromatic rings. The summed E-state index contributed by atoms with van der Waals surface area (Å²) < 4.78 is 74.9. The van der Waals surface area contributed by atoms with Gasteiger partial charge in [-0.1, -0.05) is 6.07 Å². The number of nitrogens with zero attached hydrogens (tertiary/aromatic N) is 1. The van der Waals surface area contributed by atoms with Gasteiger partial charge in [-0.15, -0.1) is 0 Å². The van der Waals surface area contributed by atoms with Crippen LogP contribution in [0.5, 0.6) is 11.5 Å². The Kier molecular flexibility index (Phi) is 9.70. The van der Waals surface area contributed by atoms with Crippen molar-refractivity contribution in [1.82, 2.24) is 15.8 Å². The molecule has 1 fully saturated rings. The number of hydroxylamine groups is 1. The summed E-state index contributed by atoms with van der Waals surface area (Å²) in [4.78, 5) is 46.3. The number of carbonyl (C=O) groups excluding carboxylic acids is 3. The fourth-order valence-corrected chi connectivity index (χ4v) is 3.94. The number of carbonyl (C=O) groups is 3. The Balaban J connectivity index is 1.72. The molecule has 2 atom stereocenters. The number of nitrogens with two attached hydrogens (primary N) is 1. The van der Waals surface area contributed by atoms with Crippen LogP contribution in [0.15, 0.2) is 40.8 Å². The summed E-state index contributed by atoms with van der Waals surface area (Å²) in [5.41, 5.74) is 6.31. The first kappa shape index (κ1) is 31.1. The Labute approximate surface area is 241 Å². The maximum Gasteiger partial charge on any atom is 0.405 e. The lowest BCUT2D eigenvalue weighted by Crippen LogP contribution is -2.41. The number of halogens is 4. The van der Waals surface area contributed by atoms with Crippen molar-refractivity contribution in [2.24, 2.45) is 11.7 Å². The average Bonchev–Trinajstić information content (AvgIpc) is 3.65. The smallest absolute Gasteiger partial charge is 0.405 e. The van der Waals surface area contributed by atoms with Crippen molar-refractivity contribution in [2.45, 2.75) is 38.5 Å². The molecule has 0 aliphatic heterocycles. The van der Waals surface area contributed by atoms with Crippen molar-refractivity contribution in [3.63, 3.8) is 0 Å². The fraction of sp³-hybridized carbons (Fsp3) is 0.333. The van der Waals surface area contributed by atoms with Crippen LogP contribution < -0.4 is 26.0 Å². The number of benzene rings is 2. The molecule has 4 N–H and O–H groups in total. The summed E-state index contributed by atoms with van der Waals surface area (Å²) in [6.45, 7) is -1.56. The summed E-state index contributed by atoms with van der Waals surface area (Å²) in [6.07, 6.45) is -0.656. The molecular formula is C27H26F4N4O8. The highest BCUT2D eigenvalue weighted by Crippen LogP contribution is 2.37. The van der Waals surface area contributed by atoms with Gasteiger partial charge in [0.15, 0.2) is 29.1 Å². The maximum atomic E-state index is 14.6. The first-order chi connectivity index (χ1) is 20.5. The summed E-state index contributed by atoms with van der Waals surface area (Å²) in [5.74, 6) is -4.79. The normalized spacial score (nSPS) is 14.1. The van der Waals surface area contributed by atoms with Gasteiger partial charge in [-0.3, -0.25) is 14.4 Å². The molecule has 1 heterocycles. The number of aromatic nitrogens is 1. The largest absolute Gasteiger partial charge is 0.489 e. The molecule has 1 saturated carbocycles. The molecule has 2 aromatic carbocycles. The monoisotopic (exact) mass is 610 g/mol. The van der Waals surface area contributed by atoms with Crippen LogP contribution in [0.4, 0.5) is 22.4 Å². The minimum Gasteiger partial charge on any atom is -0.489 e. The molecule has 1 aromatic heterocycles. The highest BCUT2D eigenvalue weighted by molar-refractivity contribution is 5.97. The molecule has 1 unspecified atom stereocenters. The van der Waals surface area contributed by atoms with Crippen LogP contribution in [0.2, 0.25) is 0 Å². The number of primary amides is 1. The van der Waals surface area contributed by atoms with Gasteiger partial charge < -0.3 is 29.7 Å². The Hall–Kier alpha value is -4.86. The van der Waals surface area contributed by atoms with Crippen molar-refractivity contribution in [1.29, 1.82) is 0 Å². The van der Waals surface area contributed by atoms with Gasteiger partial charge in [-0.25, -0.2) is 24.0 Å². The average molecular weight is 611 g/mol. The van der Waals surface area contributed by atoms with E-state index in [-0.39, 0.29) is 41.2 Å². The number of rotatable bonds is 13. The zero-order valence-corrected chi connectivity index (χ0v) is 22.7. The SMILES string of the molecule is CONC(=O)C(NC(=O)c1nc(-c2ccc(OC(F)F)c(OCC3CC3)c2)oc1[C@H](C)OC(N)=O)c1ccc(F)cc1F. The molecular weight excluding hydrogens is 584 g/mol. The Bertz CT molecular complexity index is 1500. The number of hydrogen-bond donors (Lipinski definition) is 3. The van der Waals surface area contributed by atoms with E-state index in [9.17, 15) is 31.9 Å². The van der Waals surface area contributed by atoms with E-state index in [1.165, 1.54) is 25.1 Å². The third-order valence-electron chi connectivity index (χ3n) is 6.12. The Morgan fingerprint density at radius 3 is 2.49 bits per heavy atom. The van der Waals surface area contributed by atoms with Crippen LogP contribution >= 0.6 is 0 Å². The quantitative estimate of drug-likeness (QED) is 0.189. The number of hydrogen-bond acceptors (Lipinski definition) is 9. The second-order valence-electron chi connectivity index (χ2n) is 9.35. The van der Waals surface area contributed by atoms with Crippen LogP contribution in [-0.4, -0.2) is 43.2 Å². The number of ether oxygens (including phenoxy) is 3. The van der Waals surface area contributed by atoms with Gasteiger partial charge in [0.2, 0.25) is 5.89 Å².